The van der Waals surface area contributed by atoms with Crippen LogP contribution >= 0.6 is 0 Å². The molecule has 0 radical (unpaired) electrons. The molecule has 0 spiro atoms. The molecule has 0 aromatic rings. The summed E-state index contributed by atoms with van der Waals surface area (Å²) in [5.41, 5.74) is 0. The topological polar surface area (TPSA) is 64.0 Å². The molecule has 2 N–H and O–H groups in total. The number of piperazine rings is 1. The maximum absolute atomic E-state index is 12.0. The third kappa shape index (κ3) is 10.1. The van der Waals surface area contributed by atoms with E-state index in [0.717, 1.165) is 39.0 Å². The SMILES string of the molecule is CCCCCCCCCC(=O)CN1CCN(CC(O)CO)CC1. The number of carbonyl (C=O) groups is 1. The zero-order valence-corrected chi connectivity index (χ0v) is 14.9. The second-order valence-corrected chi connectivity index (χ2v) is 6.82. The summed E-state index contributed by atoms with van der Waals surface area (Å²) >= 11 is 0. The molecule has 1 unspecified atom stereocenters. The van der Waals surface area contributed by atoms with Gasteiger partial charge >= 0.3 is 0 Å². The van der Waals surface area contributed by atoms with E-state index in [4.69, 9.17) is 5.11 Å². The third-order valence-electron chi connectivity index (χ3n) is 4.60. The molecule has 1 saturated heterocycles. The molecule has 1 atom stereocenters. The first kappa shape index (κ1) is 20.6. The molecule has 1 aliphatic heterocycles. The number of hydrogen-bond acceptors (Lipinski definition) is 5. The summed E-state index contributed by atoms with van der Waals surface area (Å²) in [6, 6.07) is 0. The standard InChI is InChI=1S/C18H36N2O3/c1-2-3-4-5-6-7-8-9-17(22)14-19-10-12-20(13-11-19)15-18(23)16-21/h18,21,23H,2-16H2,1H3. The van der Waals surface area contributed by atoms with Crippen LogP contribution in [-0.2, 0) is 4.79 Å². The molecule has 1 fully saturated rings. The summed E-state index contributed by atoms with van der Waals surface area (Å²) in [5.74, 6) is 0.363. The smallest absolute Gasteiger partial charge is 0.146 e. The van der Waals surface area contributed by atoms with Gasteiger partial charge in [0.05, 0.1) is 19.3 Å². The fraction of sp³-hybridized carbons (Fsp3) is 0.944. The summed E-state index contributed by atoms with van der Waals surface area (Å²) in [4.78, 5) is 16.4. The molecule has 0 saturated carbocycles. The molecule has 5 nitrogen and oxygen atoms in total. The van der Waals surface area contributed by atoms with E-state index in [1.54, 1.807) is 0 Å². The van der Waals surface area contributed by atoms with Crippen molar-refractivity contribution in [2.24, 2.45) is 0 Å². The van der Waals surface area contributed by atoms with Crippen LogP contribution in [0.3, 0.4) is 0 Å². The van der Waals surface area contributed by atoms with Gasteiger partial charge in [-0.1, -0.05) is 45.4 Å². The summed E-state index contributed by atoms with van der Waals surface area (Å²) in [5, 5.41) is 18.3. The van der Waals surface area contributed by atoms with Crippen molar-refractivity contribution in [3.63, 3.8) is 0 Å². The second-order valence-electron chi connectivity index (χ2n) is 6.82. The minimum absolute atomic E-state index is 0.183. The lowest BCUT2D eigenvalue weighted by Crippen LogP contribution is -2.50. The van der Waals surface area contributed by atoms with Crippen LogP contribution in [-0.4, -0.2) is 77.8 Å². The van der Waals surface area contributed by atoms with Crippen molar-refractivity contribution in [1.82, 2.24) is 9.80 Å². The predicted molar refractivity (Wildman–Crippen MR) is 93.6 cm³/mol. The monoisotopic (exact) mass is 328 g/mol. The van der Waals surface area contributed by atoms with Crippen molar-refractivity contribution in [3.8, 4) is 0 Å². The quantitative estimate of drug-likeness (QED) is 0.504. The van der Waals surface area contributed by atoms with Crippen LogP contribution in [0.1, 0.15) is 58.3 Å². The van der Waals surface area contributed by atoms with Crippen molar-refractivity contribution in [2.45, 2.75) is 64.4 Å². The Hall–Kier alpha value is -0.490. The number of Topliss-reactive ketones (excluding diaryl/α,β-unsaturated/α-hetero) is 1. The zero-order chi connectivity index (χ0) is 16.9. The first-order valence-electron chi connectivity index (χ1n) is 9.41. The Morgan fingerprint density at radius 1 is 0.957 bits per heavy atom. The Kier molecular flexibility index (Phi) is 11.5. The van der Waals surface area contributed by atoms with Crippen LogP contribution in [0.15, 0.2) is 0 Å². The van der Waals surface area contributed by atoms with E-state index in [1.165, 1.54) is 38.5 Å². The highest BCUT2D eigenvalue weighted by molar-refractivity contribution is 5.80. The van der Waals surface area contributed by atoms with Gasteiger partial charge in [-0.3, -0.25) is 14.6 Å². The summed E-state index contributed by atoms with van der Waals surface area (Å²) < 4.78 is 0. The van der Waals surface area contributed by atoms with Gasteiger partial charge < -0.3 is 10.2 Å². The van der Waals surface area contributed by atoms with E-state index in [2.05, 4.69) is 16.7 Å². The number of unbranched alkanes of at least 4 members (excludes halogenated alkanes) is 6. The van der Waals surface area contributed by atoms with E-state index >= 15 is 0 Å². The maximum Gasteiger partial charge on any atom is 0.146 e. The van der Waals surface area contributed by atoms with E-state index in [-0.39, 0.29) is 6.61 Å². The molecule has 0 bridgehead atoms. The lowest BCUT2D eigenvalue weighted by Gasteiger charge is -2.35. The van der Waals surface area contributed by atoms with Crippen molar-refractivity contribution in [3.05, 3.63) is 0 Å². The van der Waals surface area contributed by atoms with Crippen LogP contribution in [0.5, 0.6) is 0 Å². The number of β-amino-alcohol motifs (C(OH)–C–C–N with tert-alkyl or cyclic N) is 1. The molecule has 1 heterocycles. The first-order valence-corrected chi connectivity index (χ1v) is 9.41. The van der Waals surface area contributed by atoms with Crippen LogP contribution < -0.4 is 0 Å². The maximum atomic E-state index is 12.0. The molecule has 0 amide bonds. The summed E-state index contributed by atoms with van der Waals surface area (Å²) in [7, 11) is 0. The number of carbonyl (C=O) groups excluding carboxylic acids is 1. The fourth-order valence-electron chi connectivity index (χ4n) is 3.09. The van der Waals surface area contributed by atoms with E-state index < -0.39 is 6.10 Å². The highest BCUT2D eigenvalue weighted by Gasteiger charge is 2.20. The molecule has 0 aromatic heterocycles. The molecule has 136 valence electrons. The van der Waals surface area contributed by atoms with Crippen molar-refractivity contribution < 1.29 is 15.0 Å². The van der Waals surface area contributed by atoms with Crippen molar-refractivity contribution >= 4 is 5.78 Å². The van der Waals surface area contributed by atoms with Gasteiger partial charge in [-0.15, -0.1) is 0 Å². The lowest BCUT2D eigenvalue weighted by molar-refractivity contribution is -0.120. The molecule has 0 aliphatic carbocycles. The average Bonchev–Trinajstić information content (AvgIpc) is 2.55. The van der Waals surface area contributed by atoms with Gasteiger partial charge in [0.1, 0.15) is 5.78 Å². The Bertz CT molecular complexity index is 305. The molecule has 5 heteroatoms. The molecule has 1 aliphatic rings. The number of hydrogen-bond donors (Lipinski definition) is 2. The molecule has 1 rings (SSSR count). The minimum atomic E-state index is -0.652. The van der Waals surface area contributed by atoms with Gasteiger partial charge in [-0.2, -0.15) is 0 Å². The van der Waals surface area contributed by atoms with Crippen LogP contribution in [0.2, 0.25) is 0 Å². The van der Waals surface area contributed by atoms with E-state index in [0.29, 0.717) is 18.9 Å². The number of rotatable bonds is 13. The van der Waals surface area contributed by atoms with Gasteiger partial charge in [0.25, 0.3) is 0 Å². The Balaban J connectivity index is 2.01. The predicted octanol–water partition coefficient (Wildman–Crippen LogP) is 1.67. The van der Waals surface area contributed by atoms with Gasteiger partial charge in [0.2, 0.25) is 0 Å². The average molecular weight is 328 g/mol. The van der Waals surface area contributed by atoms with Gasteiger partial charge in [0, 0.05) is 39.1 Å². The summed E-state index contributed by atoms with van der Waals surface area (Å²) in [6.07, 6.45) is 8.81. The van der Waals surface area contributed by atoms with Gasteiger partial charge in [-0.05, 0) is 6.42 Å². The number of nitrogens with zero attached hydrogens (tertiary/aromatic N) is 2. The van der Waals surface area contributed by atoms with Gasteiger partial charge in [0.15, 0.2) is 0 Å². The molecular weight excluding hydrogens is 292 g/mol. The third-order valence-corrected chi connectivity index (χ3v) is 4.60. The van der Waals surface area contributed by atoms with Crippen LogP contribution in [0.4, 0.5) is 0 Å². The highest BCUT2D eigenvalue weighted by Crippen LogP contribution is 2.09. The van der Waals surface area contributed by atoms with Gasteiger partial charge in [-0.25, -0.2) is 0 Å². The first-order chi connectivity index (χ1) is 11.2. The zero-order valence-electron chi connectivity index (χ0n) is 14.9. The Morgan fingerprint density at radius 3 is 2.13 bits per heavy atom. The lowest BCUT2D eigenvalue weighted by atomic mass is 10.1. The van der Waals surface area contributed by atoms with Crippen molar-refractivity contribution in [2.75, 3.05) is 45.9 Å². The van der Waals surface area contributed by atoms with Crippen molar-refractivity contribution in [1.29, 1.82) is 0 Å². The second kappa shape index (κ2) is 12.9. The number of aliphatic hydroxyl groups excluding tert-OH is 2. The van der Waals surface area contributed by atoms with Crippen LogP contribution in [0.25, 0.3) is 0 Å². The number of aliphatic hydroxyl groups is 2. The van der Waals surface area contributed by atoms with E-state index in [1.807, 2.05) is 0 Å². The van der Waals surface area contributed by atoms with Crippen LogP contribution in [0, 0.1) is 0 Å². The summed E-state index contributed by atoms with van der Waals surface area (Å²) in [6.45, 7) is 6.62. The Labute approximate surface area is 141 Å². The minimum Gasteiger partial charge on any atom is -0.394 e. The molecular formula is C18H36N2O3. The normalized spacial score (nSPS) is 18.2. The Morgan fingerprint density at radius 2 is 1.52 bits per heavy atom. The largest absolute Gasteiger partial charge is 0.394 e. The molecule has 23 heavy (non-hydrogen) atoms. The number of ketones is 1. The molecule has 0 aromatic carbocycles. The fourth-order valence-corrected chi connectivity index (χ4v) is 3.09. The van der Waals surface area contributed by atoms with E-state index in [9.17, 15) is 9.90 Å². The highest BCUT2D eigenvalue weighted by atomic mass is 16.3.